The van der Waals surface area contributed by atoms with Crippen molar-refractivity contribution in [2.24, 2.45) is 5.41 Å². The lowest BCUT2D eigenvalue weighted by molar-refractivity contribution is -0.139. The average molecular weight is 459 g/mol. The van der Waals surface area contributed by atoms with Gasteiger partial charge in [-0.2, -0.15) is 0 Å². The molecule has 0 aromatic carbocycles. The number of pyridine rings is 1. The van der Waals surface area contributed by atoms with Crippen molar-refractivity contribution in [3.8, 4) is 5.75 Å². The minimum atomic E-state index is -0.379. The molecule has 9 nitrogen and oxygen atoms in total. The molecular weight excluding hydrogens is 424 g/mol. The minimum Gasteiger partial charge on any atom is -0.493 e. The number of cyclic esters (lactones) is 1. The Labute approximate surface area is 194 Å². The Morgan fingerprint density at radius 2 is 1.94 bits per heavy atom. The topological polar surface area (TPSA) is 95.4 Å². The van der Waals surface area contributed by atoms with E-state index in [-0.39, 0.29) is 29.6 Å². The molecule has 1 atom stereocenters. The van der Waals surface area contributed by atoms with E-state index in [1.165, 1.54) is 0 Å². The normalized spacial score (nSPS) is 30.7. The number of carbonyl (C=O) groups excluding carboxylic acids is 2. The quantitative estimate of drug-likeness (QED) is 0.741. The van der Waals surface area contributed by atoms with Crippen molar-refractivity contribution in [3.63, 3.8) is 0 Å². The molecule has 4 heterocycles. The molecule has 3 aliphatic heterocycles. The third-order valence-corrected chi connectivity index (χ3v) is 7.85. The highest BCUT2D eigenvalue weighted by Gasteiger charge is 2.51. The maximum Gasteiger partial charge on any atom is 0.414 e. The van der Waals surface area contributed by atoms with Crippen LogP contribution in [0.4, 0.5) is 16.3 Å². The smallest absolute Gasteiger partial charge is 0.414 e. The summed E-state index contributed by atoms with van der Waals surface area (Å²) in [5.41, 5.74) is 0.283. The average Bonchev–Trinajstić information content (AvgIpc) is 3.14. The number of hydrogen-bond acceptors (Lipinski definition) is 7. The molecule has 0 radical (unpaired) electrons. The summed E-state index contributed by atoms with van der Waals surface area (Å²) in [7, 11) is 1.61. The predicted octanol–water partition coefficient (Wildman–Crippen LogP) is 2.56. The number of likely N-dealkylation sites (tertiary alicyclic amines) is 1. The highest BCUT2D eigenvalue weighted by Crippen LogP contribution is 2.44. The number of rotatable bonds is 4. The number of aliphatic hydroxyl groups excluding tert-OH is 1. The van der Waals surface area contributed by atoms with Gasteiger partial charge in [0, 0.05) is 38.3 Å². The first-order valence-electron chi connectivity index (χ1n) is 12.2. The number of methoxy groups -OCH3 is 1. The van der Waals surface area contributed by atoms with E-state index in [1.54, 1.807) is 18.2 Å². The second-order valence-electron chi connectivity index (χ2n) is 9.86. The van der Waals surface area contributed by atoms with E-state index in [2.05, 4.69) is 14.8 Å². The van der Waals surface area contributed by atoms with E-state index in [1.807, 2.05) is 6.07 Å². The van der Waals surface area contributed by atoms with Gasteiger partial charge in [0.25, 0.3) is 0 Å². The van der Waals surface area contributed by atoms with Gasteiger partial charge in [-0.15, -0.1) is 0 Å². The van der Waals surface area contributed by atoms with Gasteiger partial charge in [-0.25, -0.2) is 9.78 Å². The number of amides is 2. The van der Waals surface area contributed by atoms with Crippen LogP contribution in [0, 0.1) is 5.41 Å². The van der Waals surface area contributed by atoms with Crippen molar-refractivity contribution in [2.45, 2.75) is 63.5 Å². The number of piperidine rings is 1. The van der Waals surface area contributed by atoms with Crippen molar-refractivity contribution in [2.75, 3.05) is 49.7 Å². The molecule has 1 saturated carbocycles. The predicted molar refractivity (Wildman–Crippen MR) is 123 cm³/mol. The highest BCUT2D eigenvalue weighted by atomic mass is 16.6. The summed E-state index contributed by atoms with van der Waals surface area (Å²) >= 11 is 0. The molecule has 1 aromatic heterocycles. The van der Waals surface area contributed by atoms with Gasteiger partial charge in [-0.05, 0) is 51.4 Å². The molecule has 0 unspecified atom stereocenters. The van der Waals surface area contributed by atoms with Crippen molar-refractivity contribution < 1.29 is 24.2 Å². The van der Waals surface area contributed by atoms with E-state index in [0.29, 0.717) is 31.1 Å². The molecule has 1 spiro atoms. The van der Waals surface area contributed by atoms with Crippen LogP contribution in [0.25, 0.3) is 0 Å². The van der Waals surface area contributed by atoms with Gasteiger partial charge in [0.05, 0.1) is 37.1 Å². The first kappa shape index (κ1) is 22.3. The lowest BCUT2D eigenvalue weighted by Crippen LogP contribution is -2.50. The molecule has 9 heteroatoms. The fourth-order valence-corrected chi connectivity index (χ4v) is 6.01. The van der Waals surface area contributed by atoms with Crippen molar-refractivity contribution >= 4 is 23.5 Å². The molecule has 1 N–H and O–H groups in total. The molecule has 33 heavy (non-hydrogen) atoms. The Morgan fingerprint density at radius 1 is 1.12 bits per heavy atom. The Morgan fingerprint density at radius 3 is 2.70 bits per heavy atom. The lowest BCUT2D eigenvalue weighted by atomic mass is 9.78. The number of nitrogens with zero attached hydrogens (tertiary/aromatic N) is 4. The van der Waals surface area contributed by atoms with Crippen LogP contribution in [0.3, 0.4) is 0 Å². The molecule has 4 aliphatic rings. The van der Waals surface area contributed by atoms with Crippen LogP contribution >= 0.6 is 0 Å². The van der Waals surface area contributed by atoms with Gasteiger partial charge in [0.2, 0.25) is 5.91 Å². The van der Waals surface area contributed by atoms with Crippen molar-refractivity contribution in [3.05, 3.63) is 12.3 Å². The number of ether oxygens (including phenoxy) is 2. The van der Waals surface area contributed by atoms with E-state index in [0.717, 1.165) is 70.3 Å². The zero-order chi connectivity index (χ0) is 23.0. The minimum absolute atomic E-state index is 0.216. The monoisotopic (exact) mass is 458 g/mol. The summed E-state index contributed by atoms with van der Waals surface area (Å²) < 4.78 is 10.8. The summed E-state index contributed by atoms with van der Waals surface area (Å²) in [6, 6.07) is 2.10. The maximum absolute atomic E-state index is 13.6. The fourth-order valence-electron chi connectivity index (χ4n) is 6.01. The third kappa shape index (κ3) is 4.11. The van der Waals surface area contributed by atoms with Crippen LogP contribution in [0.1, 0.15) is 51.4 Å². The van der Waals surface area contributed by atoms with Gasteiger partial charge in [-0.1, -0.05) is 0 Å². The van der Waals surface area contributed by atoms with Crippen molar-refractivity contribution in [1.82, 2.24) is 9.88 Å². The highest BCUT2D eigenvalue weighted by molar-refractivity contribution is 5.89. The molecule has 4 fully saturated rings. The molecular formula is C24H34N4O5. The number of carbonyl (C=O) groups is 2. The summed E-state index contributed by atoms with van der Waals surface area (Å²) in [6.07, 6.45) is 7.93. The Balaban J connectivity index is 1.33. The molecule has 3 saturated heterocycles. The van der Waals surface area contributed by atoms with Gasteiger partial charge in [0.15, 0.2) is 11.6 Å². The second-order valence-corrected chi connectivity index (χ2v) is 9.86. The zero-order valence-corrected chi connectivity index (χ0v) is 19.4. The molecule has 5 rings (SSSR count). The van der Waals surface area contributed by atoms with Crippen molar-refractivity contribution in [1.29, 1.82) is 0 Å². The molecule has 2 amide bonds. The Hall–Kier alpha value is -2.55. The number of anilines is 2. The molecule has 180 valence electrons. The van der Waals surface area contributed by atoms with Gasteiger partial charge in [0.1, 0.15) is 0 Å². The number of hydrogen-bond donors (Lipinski definition) is 1. The molecule has 0 bridgehead atoms. The standard InChI is InChI=1S/C24H34N4O5/c1-32-20-14-18(28-11-3-13-33-23(28)31)15-25-21(20)26-10-2-8-24(16-26)9-12-27(22(24)30)17-4-6-19(29)7-5-17/h14-15,17,19,29H,2-13,16H2,1H3/t17?,19?,24-/m0/s1. The van der Waals surface area contributed by atoms with Crippen LogP contribution in [0.5, 0.6) is 5.75 Å². The van der Waals surface area contributed by atoms with E-state index in [4.69, 9.17) is 9.47 Å². The van der Waals surface area contributed by atoms with Crippen LogP contribution in [-0.4, -0.2) is 79.0 Å². The van der Waals surface area contributed by atoms with Crippen LogP contribution in [-0.2, 0) is 9.53 Å². The van der Waals surface area contributed by atoms with E-state index in [9.17, 15) is 14.7 Å². The third-order valence-electron chi connectivity index (χ3n) is 7.85. The van der Waals surface area contributed by atoms with Gasteiger partial charge >= 0.3 is 6.09 Å². The number of aromatic nitrogens is 1. The van der Waals surface area contributed by atoms with E-state index >= 15 is 0 Å². The zero-order valence-electron chi connectivity index (χ0n) is 19.4. The Kier molecular flexibility index (Phi) is 6.07. The first-order valence-corrected chi connectivity index (χ1v) is 12.2. The van der Waals surface area contributed by atoms with Gasteiger partial charge < -0.3 is 24.4 Å². The van der Waals surface area contributed by atoms with E-state index < -0.39 is 0 Å². The largest absolute Gasteiger partial charge is 0.493 e. The summed E-state index contributed by atoms with van der Waals surface area (Å²) in [5.74, 6) is 1.59. The lowest BCUT2D eigenvalue weighted by Gasteiger charge is -2.41. The molecule has 1 aliphatic carbocycles. The van der Waals surface area contributed by atoms with Gasteiger partial charge in [-0.3, -0.25) is 9.69 Å². The maximum atomic E-state index is 13.6. The first-order chi connectivity index (χ1) is 16.0. The molecule has 1 aromatic rings. The summed E-state index contributed by atoms with van der Waals surface area (Å²) in [5, 5.41) is 9.85. The SMILES string of the molecule is COc1cc(N2CCCOC2=O)cnc1N1CCC[C@]2(CCN(C3CCC(O)CC3)C2=O)C1. The van der Waals surface area contributed by atoms with Crippen LogP contribution < -0.4 is 14.5 Å². The fraction of sp³-hybridized carbons (Fsp3) is 0.708. The second kappa shape index (κ2) is 9.00. The number of aliphatic hydroxyl groups is 1. The summed E-state index contributed by atoms with van der Waals surface area (Å²) in [6.45, 7) is 3.29. The van der Waals surface area contributed by atoms with Crippen LogP contribution in [0.2, 0.25) is 0 Å². The summed E-state index contributed by atoms with van der Waals surface area (Å²) in [4.78, 5) is 36.3. The Bertz CT molecular complexity index is 903. The van der Waals surface area contributed by atoms with Crippen LogP contribution in [0.15, 0.2) is 12.3 Å².